The van der Waals surface area contributed by atoms with Crippen LogP contribution in [0, 0.1) is 5.82 Å². The second-order valence-electron chi connectivity index (χ2n) is 9.12. The summed E-state index contributed by atoms with van der Waals surface area (Å²) in [7, 11) is 0. The van der Waals surface area contributed by atoms with Crippen LogP contribution in [-0.2, 0) is 16.1 Å². The Hall–Kier alpha value is -4.47. The Morgan fingerprint density at radius 2 is 1.81 bits per heavy atom. The van der Waals surface area contributed by atoms with Crippen LogP contribution in [-0.4, -0.2) is 43.1 Å². The van der Waals surface area contributed by atoms with Crippen LogP contribution in [0.1, 0.15) is 37.3 Å². The zero-order chi connectivity index (χ0) is 25.9. The number of nitrogens with zero attached hydrogens (tertiary/aromatic N) is 4. The van der Waals surface area contributed by atoms with Crippen LogP contribution in [0.15, 0.2) is 66.7 Å². The molecule has 1 fully saturated rings. The van der Waals surface area contributed by atoms with Crippen molar-refractivity contribution in [2.75, 3.05) is 4.90 Å². The Kier molecular flexibility index (Phi) is 6.72. The number of para-hydroxylation sites is 1. The van der Waals surface area contributed by atoms with Gasteiger partial charge in [0.15, 0.2) is 11.5 Å². The third-order valence-corrected chi connectivity index (χ3v) is 6.58. The van der Waals surface area contributed by atoms with Gasteiger partial charge in [0, 0.05) is 11.7 Å². The topological polar surface area (TPSA) is 121 Å². The van der Waals surface area contributed by atoms with Gasteiger partial charge in [0.05, 0.1) is 5.52 Å². The Balaban J connectivity index is 1.59. The summed E-state index contributed by atoms with van der Waals surface area (Å²) in [5, 5.41) is 31.3. The fraction of sp³-hybridized carbons (Fsp3) is 0.259. The molecule has 1 atom stereocenters. The number of nitrogens with one attached hydrogen (secondary N) is 1. The van der Waals surface area contributed by atoms with E-state index >= 15 is 0 Å². The van der Waals surface area contributed by atoms with E-state index in [1.165, 1.54) is 52.0 Å². The Labute approximate surface area is 212 Å². The number of aromatic hydroxyl groups is 2. The fourth-order valence-corrected chi connectivity index (χ4v) is 4.78. The van der Waals surface area contributed by atoms with Crippen LogP contribution < -0.4 is 10.2 Å². The number of phenols is 2. The van der Waals surface area contributed by atoms with E-state index < -0.39 is 29.4 Å². The smallest absolute Gasteiger partial charge is 0.249 e. The molecule has 0 aliphatic heterocycles. The van der Waals surface area contributed by atoms with E-state index in [4.69, 9.17) is 0 Å². The molecule has 1 unspecified atom stereocenters. The first kappa shape index (κ1) is 24.2. The largest absolute Gasteiger partial charge is 0.504 e. The number of carbonyl (C=O) groups is 2. The molecule has 1 saturated carbocycles. The Bertz CT molecular complexity index is 1450. The van der Waals surface area contributed by atoms with E-state index in [1.807, 2.05) is 6.07 Å². The molecule has 1 aliphatic carbocycles. The second-order valence-corrected chi connectivity index (χ2v) is 9.12. The van der Waals surface area contributed by atoms with Crippen molar-refractivity contribution >= 4 is 28.5 Å². The summed E-state index contributed by atoms with van der Waals surface area (Å²) in [6, 6.07) is 15.2. The minimum absolute atomic E-state index is 0.0515. The minimum Gasteiger partial charge on any atom is -0.504 e. The van der Waals surface area contributed by atoms with Gasteiger partial charge in [-0.25, -0.2) is 9.07 Å². The molecule has 1 aromatic heterocycles. The normalized spacial score (nSPS) is 14.5. The average Bonchev–Trinajstić information content (AvgIpc) is 3.54. The molecule has 3 aromatic carbocycles. The molecule has 9 nitrogen and oxygen atoms in total. The number of aromatic nitrogens is 3. The maximum atomic E-state index is 14.3. The van der Waals surface area contributed by atoms with Crippen LogP contribution in [0.2, 0.25) is 0 Å². The van der Waals surface area contributed by atoms with E-state index in [-0.39, 0.29) is 29.6 Å². The number of hydrogen-bond acceptors (Lipinski definition) is 6. The molecule has 1 aliphatic rings. The van der Waals surface area contributed by atoms with Crippen molar-refractivity contribution in [1.82, 2.24) is 20.3 Å². The van der Waals surface area contributed by atoms with Crippen LogP contribution in [0.3, 0.4) is 0 Å². The highest BCUT2D eigenvalue weighted by Gasteiger charge is 2.35. The van der Waals surface area contributed by atoms with Gasteiger partial charge in [0.2, 0.25) is 11.8 Å². The first-order valence-electron chi connectivity index (χ1n) is 12.1. The molecule has 0 spiro atoms. The molecular formula is C27H26FN5O4. The van der Waals surface area contributed by atoms with Gasteiger partial charge in [0.1, 0.15) is 23.9 Å². The van der Waals surface area contributed by atoms with E-state index in [9.17, 15) is 24.2 Å². The van der Waals surface area contributed by atoms with Crippen LogP contribution in [0.5, 0.6) is 11.5 Å². The lowest BCUT2D eigenvalue weighted by molar-refractivity contribution is -0.127. The molecule has 4 aromatic rings. The standard InChI is InChI=1S/C27H26FN5O4/c28-18-6-5-9-20(15-18)33(25(36)16-32-22-11-4-3-10-21(22)30-31-32)26(17-12-13-23(34)24(35)14-17)27(37)29-19-7-1-2-8-19/h3-6,9-15,19,26,34-35H,1-2,7-8,16H2,(H,29,37). The van der Waals surface area contributed by atoms with Crippen molar-refractivity contribution in [3.63, 3.8) is 0 Å². The molecule has 2 amide bonds. The number of rotatable bonds is 7. The molecule has 37 heavy (non-hydrogen) atoms. The minimum atomic E-state index is -1.25. The van der Waals surface area contributed by atoms with E-state index in [2.05, 4.69) is 15.6 Å². The van der Waals surface area contributed by atoms with Crippen molar-refractivity contribution in [2.24, 2.45) is 0 Å². The number of carbonyl (C=O) groups excluding carboxylic acids is 2. The van der Waals surface area contributed by atoms with E-state index in [0.29, 0.717) is 11.0 Å². The van der Waals surface area contributed by atoms with Crippen LogP contribution >= 0.6 is 0 Å². The Morgan fingerprint density at radius 1 is 1.03 bits per heavy atom. The van der Waals surface area contributed by atoms with Crippen molar-refractivity contribution in [3.8, 4) is 11.5 Å². The maximum absolute atomic E-state index is 14.3. The summed E-state index contributed by atoms with van der Waals surface area (Å²) < 4.78 is 15.8. The number of amides is 2. The highest BCUT2D eigenvalue weighted by molar-refractivity contribution is 6.01. The van der Waals surface area contributed by atoms with Gasteiger partial charge >= 0.3 is 0 Å². The molecule has 190 valence electrons. The molecule has 1 heterocycles. The third kappa shape index (κ3) is 5.09. The first-order valence-corrected chi connectivity index (χ1v) is 12.1. The average molecular weight is 504 g/mol. The number of anilines is 1. The van der Waals surface area contributed by atoms with Crippen LogP contribution in [0.25, 0.3) is 11.0 Å². The highest BCUT2D eigenvalue weighted by atomic mass is 19.1. The zero-order valence-electron chi connectivity index (χ0n) is 19.9. The molecule has 5 rings (SSSR count). The second kappa shape index (κ2) is 10.3. The number of hydrogen-bond donors (Lipinski definition) is 3. The van der Waals surface area contributed by atoms with Crippen molar-refractivity contribution in [3.05, 3.63) is 78.1 Å². The first-order chi connectivity index (χ1) is 17.9. The number of benzene rings is 3. The maximum Gasteiger partial charge on any atom is 0.249 e. The van der Waals surface area contributed by atoms with Crippen molar-refractivity contribution in [2.45, 2.75) is 44.3 Å². The van der Waals surface area contributed by atoms with E-state index in [1.54, 1.807) is 18.2 Å². The summed E-state index contributed by atoms with van der Waals surface area (Å²) in [6.07, 6.45) is 3.61. The summed E-state index contributed by atoms with van der Waals surface area (Å²) in [5.41, 5.74) is 1.65. The van der Waals surface area contributed by atoms with Crippen molar-refractivity contribution < 1.29 is 24.2 Å². The lowest BCUT2D eigenvalue weighted by Crippen LogP contribution is -2.47. The molecule has 3 N–H and O–H groups in total. The molecule has 0 saturated heterocycles. The summed E-state index contributed by atoms with van der Waals surface area (Å²) in [5.74, 6) is -2.40. The molecule has 0 bridgehead atoms. The number of halogens is 1. The molecular weight excluding hydrogens is 477 g/mol. The summed E-state index contributed by atoms with van der Waals surface area (Å²) in [4.78, 5) is 28.8. The molecule has 10 heteroatoms. The fourth-order valence-electron chi connectivity index (χ4n) is 4.78. The van der Waals surface area contributed by atoms with Crippen molar-refractivity contribution in [1.29, 1.82) is 0 Å². The molecule has 0 radical (unpaired) electrons. The Morgan fingerprint density at radius 3 is 2.57 bits per heavy atom. The number of fused-ring (bicyclic) bond motifs is 1. The van der Waals surface area contributed by atoms with Gasteiger partial charge < -0.3 is 15.5 Å². The van der Waals surface area contributed by atoms with Gasteiger partial charge in [-0.2, -0.15) is 0 Å². The summed E-state index contributed by atoms with van der Waals surface area (Å²) >= 11 is 0. The van der Waals surface area contributed by atoms with Gasteiger partial charge in [-0.05, 0) is 60.9 Å². The van der Waals surface area contributed by atoms with Gasteiger partial charge in [-0.1, -0.05) is 42.3 Å². The SMILES string of the molecule is O=C(NC1CCCC1)C(c1ccc(O)c(O)c1)N(C(=O)Cn1nnc2ccccc21)c1cccc(F)c1. The monoisotopic (exact) mass is 503 g/mol. The highest BCUT2D eigenvalue weighted by Crippen LogP contribution is 2.34. The predicted octanol–water partition coefficient (Wildman–Crippen LogP) is 3.81. The van der Waals surface area contributed by atoms with E-state index in [0.717, 1.165) is 25.7 Å². The predicted molar refractivity (Wildman–Crippen MR) is 134 cm³/mol. The van der Waals surface area contributed by atoms with Gasteiger partial charge in [0.25, 0.3) is 0 Å². The zero-order valence-corrected chi connectivity index (χ0v) is 19.9. The lowest BCUT2D eigenvalue weighted by atomic mass is 10.0. The number of phenolic OH excluding ortho intramolecular Hbond substituents is 2. The lowest BCUT2D eigenvalue weighted by Gasteiger charge is -2.32. The van der Waals surface area contributed by atoms with Gasteiger partial charge in [-0.15, -0.1) is 5.10 Å². The van der Waals surface area contributed by atoms with Gasteiger partial charge in [-0.3, -0.25) is 14.5 Å². The third-order valence-electron chi connectivity index (χ3n) is 6.58. The quantitative estimate of drug-likeness (QED) is 0.330. The summed E-state index contributed by atoms with van der Waals surface area (Å²) in [6.45, 7) is -0.270. The van der Waals surface area contributed by atoms with Crippen LogP contribution in [0.4, 0.5) is 10.1 Å².